The van der Waals surface area contributed by atoms with Crippen molar-refractivity contribution < 1.29 is 14.0 Å². The Bertz CT molecular complexity index is 496. The van der Waals surface area contributed by atoms with Crippen molar-refractivity contribution in [2.24, 2.45) is 0 Å². The average molecular weight is 235 g/mol. The van der Waals surface area contributed by atoms with Crippen molar-refractivity contribution >= 4 is 0 Å². The third-order valence-electron chi connectivity index (χ3n) is 2.69. The molecule has 1 saturated heterocycles. The molecule has 1 aliphatic rings. The first kappa shape index (κ1) is 10.5. The van der Waals surface area contributed by atoms with Crippen LogP contribution in [-0.4, -0.2) is 38.8 Å². The molecule has 2 aromatic rings. The third-order valence-corrected chi connectivity index (χ3v) is 2.69. The lowest BCUT2D eigenvalue weighted by molar-refractivity contribution is -0.0882. The van der Waals surface area contributed by atoms with Gasteiger partial charge in [0.2, 0.25) is 0 Å². The Morgan fingerprint density at radius 2 is 2.35 bits per heavy atom. The van der Waals surface area contributed by atoms with Gasteiger partial charge in [0.1, 0.15) is 0 Å². The Labute approximate surface area is 97.8 Å². The van der Waals surface area contributed by atoms with Crippen molar-refractivity contribution in [2.75, 3.05) is 13.1 Å². The molecule has 3 heterocycles. The lowest BCUT2D eigenvalue weighted by Crippen LogP contribution is -2.59. The van der Waals surface area contributed by atoms with Gasteiger partial charge in [-0.1, -0.05) is 5.16 Å². The van der Waals surface area contributed by atoms with E-state index in [-0.39, 0.29) is 0 Å². The molecule has 2 aromatic heterocycles. The third kappa shape index (κ3) is 2.09. The molecule has 0 atom stereocenters. The number of likely N-dealkylation sites (tertiary alicyclic amines) is 1. The topological polar surface area (TPSA) is 75.5 Å². The van der Waals surface area contributed by atoms with E-state index >= 15 is 0 Å². The Hall–Kier alpha value is -1.66. The van der Waals surface area contributed by atoms with E-state index < -0.39 is 5.60 Å². The van der Waals surface area contributed by atoms with E-state index in [9.17, 15) is 5.11 Å². The molecule has 0 unspecified atom stereocenters. The number of hydrogen-bond acceptors (Lipinski definition) is 6. The van der Waals surface area contributed by atoms with Crippen LogP contribution in [0.25, 0.3) is 11.7 Å². The second-order valence-electron chi connectivity index (χ2n) is 4.64. The van der Waals surface area contributed by atoms with E-state index in [1.54, 1.807) is 18.4 Å². The van der Waals surface area contributed by atoms with Crippen LogP contribution in [0, 0.1) is 0 Å². The molecule has 90 valence electrons. The van der Waals surface area contributed by atoms with Gasteiger partial charge in [0.15, 0.2) is 11.6 Å². The fourth-order valence-electron chi connectivity index (χ4n) is 2.05. The largest absolute Gasteiger partial charge is 0.459 e. The molecule has 17 heavy (non-hydrogen) atoms. The van der Waals surface area contributed by atoms with E-state index in [1.165, 1.54) is 0 Å². The number of hydrogen-bond donors (Lipinski definition) is 1. The molecule has 0 spiro atoms. The van der Waals surface area contributed by atoms with Gasteiger partial charge in [0.05, 0.1) is 18.4 Å². The van der Waals surface area contributed by atoms with E-state index in [0.29, 0.717) is 37.1 Å². The van der Waals surface area contributed by atoms with Crippen molar-refractivity contribution in [2.45, 2.75) is 19.1 Å². The van der Waals surface area contributed by atoms with Gasteiger partial charge in [-0.15, -0.1) is 0 Å². The van der Waals surface area contributed by atoms with Gasteiger partial charge >= 0.3 is 0 Å². The number of nitrogens with zero attached hydrogens (tertiary/aromatic N) is 3. The lowest BCUT2D eigenvalue weighted by Gasteiger charge is -2.43. The molecule has 0 bridgehead atoms. The molecule has 0 saturated carbocycles. The number of rotatable bonds is 3. The predicted molar refractivity (Wildman–Crippen MR) is 57.9 cm³/mol. The number of furan rings is 1. The van der Waals surface area contributed by atoms with Crippen LogP contribution in [0.15, 0.2) is 27.3 Å². The molecule has 0 aromatic carbocycles. The fraction of sp³-hybridized carbons (Fsp3) is 0.455. The monoisotopic (exact) mass is 235 g/mol. The Kier molecular flexibility index (Phi) is 2.27. The van der Waals surface area contributed by atoms with Gasteiger partial charge in [0.25, 0.3) is 5.89 Å². The summed E-state index contributed by atoms with van der Waals surface area (Å²) in [7, 11) is 0. The fourth-order valence-corrected chi connectivity index (χ4v) is 2.05. The molecule has 6 heteroatoms. The van der Waals surface area contributed by atoms with Gasteiger partial charge in [-0.05, 0) is 19.1 Å². The van der Waals surface area contributed by atoms with Gasteiger partial charge in [-0.3, -0.25) is 4.90 Å². The Balaban J connectivity index is 1.66. The minimum atomic E-state index is -0.576. The zero-order valence-corrected chi connectivity index (χ0v) is 9.46. The van der Waals surface area contributed by atoms with Crippen LogP contribution in [0.2, 0.25) is 0 Å². The Morgan fingerprint density at radius 1 is 1.53 bits per heavy atom. The maximum Gasteiger partial charge on any atom is 0.293 e. The minimum Gasteiger partial charge on any atom is -0.459 e. The second-order valence-corrected chi connectivity index (χ2v) is 4.64. The van der Waals surface area contributed by atoms with Gasteiger partial charge in [0, 0.05) is 13.1 Å². The maximum absolute atomic E-state index is 9.60. The summed E-state index contributed by atoms with van der Waals surface area (Å²) in [5.74, 6) is 1.56. The molecule has 1 fully saturated rings. The molecule has 0 amide bonds. The standard InChI is InChI=1S/C11H13N3O3/c1-11(15)6-14(7-11)5-9-12-10(17-13-9)8-3-2-4-16-8/h2-4,15H,5-7H2,1H3. The van der Waals surface area contributed by atoms with Crippen molar-refractivity contribution in [3.63, 3.8) is 0 Å². The molecular weight excluding hydrogens is 222 g/mol. The van der Waals surface area contributed by atoms with Crippen molar-refractivity contribution in [1.29, 1.82) is 0 Å². The Morgan fingerprint density at radius 3 is 3.00 bits per heavy atom. The van der Waals surface area contributed by atoms with Crippen LogP contribution in [0.5, 0.6) is 0 Å². The summed E-state index contributed by atoms with van der Waals surface area (Å²) >= 11 is 0. The van der Waals surface area contributed by atoms with E-state index in [4.69, 9.17) is 8.94 Å². The highest BCUT2D eigenvalue weighted by Gasteiger charge is 2.36. The van der Waals surface area contributed by atoms with E-state index in [0.717, 1.165) is 0 Å². The summed E-state index contributed by atoms with van der Waals surface area (Å²) in [6.45, 7) is 3.67. The van der Waals surface area contributed by atoms with Crippen LogP contribution in [0.4, 0.5) is 0 Å². The SMILES string of the molecule is CC1(O)CN(Cc2noc(-c3ccco3)n2)C1. The molecular formula is C11H13N3O3. The quantitative estimate of drug-likeness (QED) is 0.851. The summed E-state index contributed by atoms with van der Waals surface area (Å²) in [6, 6.07) is 3.54. The first-order chi connectivity index (χ1) is 8.12. The first-order valence-electron chi connectivity index (χ1n) is 5.44. The van der Waals surface area contributed by atoms with Crippen LogP contribution >= 0.6 is 0 Å². The lowest BCUT2D eigenvalue weighted by atomic mass is 9.97. The summed E-state index contributed by atoms with van der Waals surface area (Å²) in [5.41, 5.74) is -0.576. The predicted octanol–water partition coefficient (Wildman–Crippen LogP) is 0.896. The van der Waals surface area contributed by atoms with Crippen molar-refractivity contribution in [3.05, 3.63) is 24.2 Å². The average Bonchev–Trinajstić information content (AvgIpc) is 2.82. The molecule has 1 N–H and O–H groups in total. The van der Waals surface area contributed by atoms with Crippen LogP contribution in [0.3, 0.4) is 0 Å². The van der Waals surface area contributed by atoms with E-state index in [2.05, 4.69) is 15.0 Å². The highest BCUT2D eigenvalue weighted by molar-refractivity contribution is 5.42. The normalized spacial score (nSPS) is 19.2. The summed E-state index contributed by atoms with van der Waals surface area (Å²) < 4.78 is 10.2. The van der Waals surface area contributed by atoms with Crippen LogP contribution < -0.4 is 0 Å². The molecule has 0 radical (unpaired) electrons. The zero-order chi connectivity index (χ0) is 11.9. The van der Waals surface area contributed by atoms with Crippen LogP contribution in [0.1, 0.15) is 12.7 Å². The number of aliphatic hydroxyl groups is 1. The molecule has 0 aliphatic carbocycles. The summed E-state index contributed by atoms with van der Waals surface area (Å²) in [5, 5.41) is 13.5. The maximum atomic E-state index is 9.60. The first-order valence-corrected chi connectivity index (χ1v) is 5.44. The van der Waals surface area contributed by atoms with Gasteiger partial charge < -0.3 is 14.0 Å². The molecule has 6 nitrogen and oxygen atoms in total. The van der Waals surface area contributed by atoms with Gasteiger partial charge in [-0.25, -0.2) is 0 Å². The summed E-state index contributed by atoms with van der Waals surface area (Å²) in [4.78, 5) is 6.28. The zero-order valence-electron chi connectivity index (χ0n) is 9.46. The minimum absolute atomic E-state index is 0.386. The smallest absolute Gasteiger partial charge is 0.293 e. The van der Waals surface area contributed by atoms with E-state index in [1.807, 2.05) is 6.92 Å². The van der Waals surface area contributed by atoms with Crippen molar-refractivity contribution in [1.82, 2.24) is 15.0 Å². The second kappa shape index (κ2) is 3.68. The number of aromatic nitrogens is 2. The molecule has 1 aliphatic heterocycles. The highest BCUT2D eigenvalue weighted by Crippen LogP contribution is 2.22. The number of β-amino-alcohol motifs (C(OH)–C–C–N with tert-alkyl or cyclic N) is 1. The van der Waals surface area contributed by atoms with Crippen LogP contribution in [-0.2, 0) is 6.54 Å². The van der Waals surface area contributed by atoms with Gasteiger partial charge in [-0.2, -0.15) is 4.98 Å². The summed E-state index contributed by atoms with van der Waals surface area (Å²) in [6.07, 6.45) is 1.56. The highest BCUT2D eigenvalue weighted by atomic mass is 16.5. The van der Waals surface area contributed by atoms with Crippen molar-refractivity contribution in [3.8, 4) is 11.7 Å². The molecule has 3 rings (SSSR count).